The van der Waals surface area contributed by atoms with Crippen molar-refractivity contribution in [3.8, 4) is 5.75 Å². The van der Waals surface area contributed by atoms with E-state index in [1.807, 2.05) is 12.1 Å². The number of methoxy groups -OCH3 is 1. The molecule has 2 aromatic rings. The van der Waals surface area contributed by atoms with Gasteiger partial charge in [0.2, 0.25) is 5.91 Å². The van der Waals surface area contributed by atoms with E-state index in [9.17, 15) is 9.90 Å². The lowest BCUT2D eigenvalue weighted by atomic mass is 9.73. The summed E-state index contributed by atoms with van der Waals surface area (Å²) in [4.78, 5) is 18.6. The SMILES string of the molecule is C=C[C@H]1CN2CC[C@H]1C[C@H]2[C@H](O)c1ccnc2ccc(OC)c(NC(C)=O)c12. The maximum absolute atomic E-state index is 11.8. The highest BCUT2D eigenvalue weighted by molar-refractivity contribution is 6.04. The third-order valence-electron chi connectivity index (χ3n) is 6.26. The summed E-state index contributed by atoms with van der Waals surface area (Å²) in [5.41, 5.74) is 2.07. The molecule has 2 N–H and O–H groups in total. The number of fused-ring (bicyclic) bond motifs is 4. The molecule has 1 aromatic heterocycles. The first-order valence-corrected chi connectivity index (χ1v) is 9.81. The second-order valence-electron chi connectivity index (χ2n) is 7.81. The lowest BCUT2D eigenvalue weighted by molar-refractivity contribution is -0.114. The number of aliphatic hydroxyl groups excluding tert-OH is 1. The Hall–Kier alpha value is -2.44. The highest BCUT2D eigenvalue weighted by atomic mass is 16.5. The number of pyridine rings is 1. The van der Waals surface area contributed by atoms with Gasteiger partial charge in [-0.15, -0.1) is 6.58 Å². The predicted molar refractivity (Wildman–Crippen MR) is 109 cm³/mol. The normalized spacial score (nSPS) is 27.4. The van der Waals surface area contributed by atoms with Crippen molar-refractivity contribution in [1.29, 1.82) is 0 Å². The number of nitrogens with one attached hydrogen (secondary N) is 1. The summed E-state index contributed by atoms with van der Waals surface area (Å²) in [7, 11) is 1.57. The van der Waals surface area contributed by atoms with Gasteiger partial charge in [-0.05, 0) is 55.0 Å². The molecule has 0 spiro atoms. The van der Waals surface area contributed by atoms with Crippen LogP contribution in [-0.2, 0) is 4.79 Å². The van der Waals surface area contributed by atoms with Crippen molar-refractivity contribution >= 4 is 22.5 Å². The Morgan fingerprint density at radius 2 is 2.29 bits per heavy atom. The number of anilines is 1. The molecule has 6 nitrogen and oxygen atoms in total. The fourth-order valence-corrected chi connectivity index (χ4v) is 4.88. The van der Waals surface area contributed by atoms with Gasteiger partial charge in [-0.3, -0.25) is 14.7 Å². The van der Waals surface area contributed by atoms with Crippen LogP contribution in [0.25, 0.3) is 10.9 Å². The summed E-state index contributed by atoms with van der Waals surface area (Å²) in [6, 6.07) is 5.55. The minimum absolute atomic E-state index is 0.0527. The minimum Gasteiger partial charge on any atom is -0.495 e. The third kappa shape index (κ3) is 3.16. The monoisotopic (exact) mass is 381 g/mol. The third-order valence-corrected chi connectivity index (χ3v) is 6.26. The minimum atomic E-state index is -0.668. The number of benzene rings is 1. The van der Waals surface area contributed by atoms with E-state index >= 15 is 0 Å². The average molecular weight is 381 g/mol. The van der Waals surface area contributed by atoms with E-state index in [0.717, 1.165) is 42.4 Å². The number of rotatable bonds is 5. The summed E-state index contributed by atoms with van der Waals surface area (Å²) in [6.07, 6.45) is 5.21. The summed E-state index contributed by atoms with van der Waals surface area (Å²) >= 11 is 0. The van der Waals surface area contributed by atoms with Crippen molar-refractivity contribution in [3.05, 3.63) is 42.6 Å². The predicted octanol–water partition coefficient (Wildman–Crippen LogP) is 3.13. The Morgan fingerprint density at radius 3 is 2.93 bits per heavy atom. The topological polar surface area (TPSA) is 74.7 Å². The Bertz CT molecular complexity index is 913. The van der Waals surface area contributed by atoms with Gasteiger partial charge in [0, 0.05) is 31.1 Å². The first kappa shape index (κ1) is 18.9. The molecule has 3 aliphatic heterocycles. The molecule has 5 atom stereocenters. The summed E-state index contributed by atoms with van der Waals surface area (Å²) < 4.78 is 5.47. The van der Waals surface area contributed by atoms with E-state index < -0.39 is 6.10 Å². The van der Waals surface area contributed by atoms with Crippen LogP contribution in [0, 0.1) is 11.8 Å². The Balaban J connectivity index is 1.78. The van der Waals surface area contributed by atoms with Crippen LogP contribution >= 0.6 is 0 Å². The van der Waals surface area contributed by atoms with E-state index in [-0.39, 0.29) is 11.9 Å². The number of aliphatic hydroxyl groups is 1. The molecule has 1 amide bonds. The van der Waals surface area contributed by atoms with Gasteiger partial charge in [-0.25, -0.2) is 0 Å². The molecule has 1 aromatic carbocycles. The highest BCUT2D eigenvalue weighted by Crippen LogP contribution is 2.44. The Labute approximate surface area is 165 Å². The number of hydrogen-bond acceptors (Lipinski definition) is 5. The number of nitrogens with zero attached hydrogens (tertiary/aromatic N) is 2. The van der Waals surface area contributed by atoms with Crippen LogP contribution < -0.4 is 10.1 Å². The van der Waals surface area contributed by atoms with E-state index in [4.69, 9.17) is 4.74 Å². The molecule has 28 heavy (non-hydrogen) atoms. The molecule has 148 valence electrons. The van der Waals surface area contributed by atoms with Crippen LogP contribution in [0.2, 0.25) is 0 Å². The van der Waals surface area contributed by atoms with Crippen molar-refractivity contribution < 1.29 is 14.6 Å². The van der Waals surface area contributed by atoms with Gasteiger partial charge in [0.1, 0.15) is 5.75 Å². The smallest absolute Gasteiger partial charge is 0.221 e. The van der Waals surface area contributed by atoms with E-state index in [2.05, 4.69) is 27.9 Å². The maximum Gasteiger partial charge on any atom is 0.221 e. The standard InChI is InChI=1S/C22H27N3O3/c1-4-14-12-25-10-8-15(14)11-18(25)22(27)16-7-9-23-17-5-6-19(28-3)21(20(16)17)24-13(2)26/h4-7,9,14-15,18,22,27H,1,8,10-12H2,2-3H3,(H,24,26)/t14-,15-,18-,22+/m0/s1. The van der Waals surface area contributed by atoms with Gasteiger partial charge in [0.25, 0.3) is 0 Å². The average Bonchev–Trinajstić information content (AvgIpc) is 2.72. The molecule has 3 saturated heterocycles. The molecule has 0 saturated carbocycles. The lowest BCUT2D eigenvalue weighted by Gasteiger charge is -2.50. The highest BCUT2D eigenvalue weighted by Gasteiger charge is 2.42. The van der Waals surface area contributed by atoms with Crippen LogP contribution in [0.5, 0.6) is 5.75 Å². The first-order chi connectivity index (χ1) is 13.5. The summed E-state index contributed by atoms with van der Waals surface area (Å²) in [6.45, 7) is 7.39. The molecule has 0 radical (unpaired) electrons. The molecule has 3 aliphatic rings. The van der Waals surface area contributed by atoms with E-state index in [1.165, 1.54) is 6.92 Å². The zero-order valence-corrected chi connectivity index (χ0v) is 16.4. The quantitative estimate of drug-likeness (QED) is 0.779. The summed E-state index contributed by atoms with van der Waals surface area (Å²) in [5.74, 6) is 1.44. The number of aromatic nitrogens is 1. The van der Waals surface area contributed by atoms with Gasteiger partial charge in [-0.1, -0.05) is 6.08 Å². The number of carbonyl (C=O) groups excluding carboxylic acids is 1. The Morgan fingerprint density at radius 1 is 1.46 bits per heavy atom. The van der Waals surface area contributed by atoms with E-state index in [0.29, 0.717) is 23.3 Å². The molecule has 6 heteroatoms. The number of ether oxygens (including phenoxy) is 1. The second kappa shape index (κ2) is 7.53. The van der Waals surface area contributed by atoms with Crippen LogP contribution in [0.4, 0.5) is 5.69 Å². The van der Waals surface area contributed by atoms with Crippen LogP contribution in [0.15, 0.2) is 37.1 Å². The number of piperidine rings is 3. The summed E-state index contributed by atoms with van der Waals surface area (Å²) in [5, 5.41) is 15.0. The fraction of sp³-hybridized carbons (Fsp3) is 0.455. The molecule has 0 aliphatic carbocycles. The molecule has 2 bridgehead atoms. The van der Waals surface area contributed by atoms with Crippen LogP contribution in [0.3, 0.4) is 0 Å². The maximum atomic E-state index is 11.8. The second-order valence-corrected chi connectivity index (χ2v) is 7.81. The van der Waals surface area contributed by atoms with Crippen molar-refractivity contribution in [3.63, 3.8) is 0 Å². The van der Waals surface area contributed by atoms with Crippen LogP contribution in [-0.4, -0.2) is 47.1 Å². The fourth-order valence-electron chi connectivity index (χ4n) is 4.88. The van der Waals surface area contributed by atoms with E-state index in [1.54, 1.807) is 19.4 Å². The molecular weight excluding hydrogens is 354 g/mol. The molecular formula is C22H27N3O3. The largest absolute Gasteiger partial charge is 0.495 e. The van der Waals surface area contributed by atoms with Gasteiger partial charge >= 0.3 is 0 Å². The molecule has 3 fully saturated rings. The molecule has 1 unspecified atom stereocenters. The number of carbonyl (C=O) groups is 1. The van der Waals surface area contributed by atoms with Gasteiger partial charge < -0.3 is 15.2 Å². The Kier molecular flexibility index (Phi) is 5.08. The molecule has 4 heterocycles. The lowest BCUT2D eigenvalue weighted by Crippen LogP contribution is -2.54. The zero-order chi connectivity index (χ0) is 19.8. The van der Waals surface area contributed by atoms with Crippen molar-refractivity contribution in [1.82, 2.24) is 9.88 Å². The number of amides is 1. The first-order valence-electron chi connectivity index (χ1n) is 9.81. The van der Waals surface area contributed by atoms with Crippen molar-refractivity contribution in [2.75, 3.05) is 25.5 Å². The molecule has 5 rings (SSSR count). The van der Waals surface area contributed by atoms with Crippen molar-refractivity contribution in [2.24, 2.45) is 11.8 Å². The van der Waals surface area contributed by atoms with Gasteiger partial charge in [0.05, 0.1) is 24.4 Å². The zero-order valence-electron chi connectivity index (χ0n) is 16.4. The van der Waals surface area contributed by atoms with Gasteiger partial charge in [0.15, 0.2) is 0 Å². The van der Waals surface area contributed by atoms with Crippen molar-refractivity contribution in [2.45, 2.75) is 31.9 Å². The number of hydrogen-bond donors (Lipinski definition) is 2. The van der Waals surface area contributed by atoms with Gasteiger partial charge in [-0.2, -0.15) is 0 Å². The van der Waals surface area contributed by atoms with Crippen LogP contribution in [0.1, 0.15) is 31.4 Å².